The maximum Gasteiger partial charge on any atom is 0.231 e. The highest BCUT2D eigenvalue weighted by Crippen LogP contribution is 2.32. The number of carbonyl (C=O) groups is 1. The van der Waals surface area contributed by atoms with Gasteiger partial charge in [-0.25, -0.2) is 0 Å². The maximum absolute atomic E-state index is 11.7. The first kappa shape index (κ1) is 20.7. The van der Waals surface area contributed by atoms with Gasteiger partial charge < -0.3 is 29.1 Å². The number of hydrogen-bond acceptors (Lipinski definition) is 5. The number of aliphatic hydroxyl groups excluding tert-OH is 1. The second kappa shape index (κ2) is 9.47. The van der Waals surface area contributed by atoms with E-state index in [0.29, 0.717) is 24.7 Å². The van der Waals surface area contributed by atoms with Gasteiger partial charge in [0, 0.05) is 5.56 Å². The number of rotatable bonds is 8. The van der Waals surface area contributed by atoms with Crippen molar-refractivity contribution in [2.45, 2.75) is 19.6 Å². The molecule has 1 fully saturated rings. The number of nitrogens with one attached hydrogen (secondary N) is 2. The molecule has 4 rings (SSSR count). The summed E-state index contributed by atoms with van der Waals surface area (Å²) < 4.78 is 16.6. The number of para-hydroxylation sites is 1. The molecule has 0 saturated carbocycles. The molecule has 0 amide bonds. The van der Waals surface area contributed by atoms with Crippen molar-refractivity contribution in [3.63, 3.8) is 0 Å². The van der Waals surface area contributed by atoms with Gasteiger partial charge in [0.2, 0.25) is 6.79 Å². The predicted octanol–water partition coefficient (Wildman–Crippen LogP) is -0.659. The van der Waals surface area contributed by atoms with Crippen LogP contribution in [0.15, 0.2) is 42.5 Å². The monoisotopic (exact) mass is 414 g/mol. The molecule has 0 unspecified atom stereocenters. The fourth-order valence-corrected chi connectivity index (χ4v) is 4.14. The first-order valence-electron chi connectivity index (χ1n) is 10.5. The van der Waals surface area contributed by atoms with Crippen LogP contribution in [0.3, 0.4) is 0 Å². The van der Waals surface area contributed by atoms with E-state index >= 15 is 0 Å². The van der Waals surface area contributed by atoms with Crippen molar-refractivity contribution in [3.05, 3.63) is 53.6 Å². The fraction of sp³-hybridized carbons (Fsp3) is 0.435. The third-order valence-electron chi connectivity index (χ3n) is 5.78. The minimum absolute atomic E-state index is 0.0349. The number of Topliss-reactive ketones (excluding diaryl/α,β-unsaturated/α-hetero) is 1. The normalized spacial score (nSPS) is 21.3. The minimum Gasteiger partial charge on any atom is -0.490 e. The molecule has 160 valence electrons. The van der Waals surface area contributed by atoms with Crippen molar-refractivity contribution >= 4 is 5.78 Å². The van der Waals surface area contributed by atoms with Crippen LogP contribution in [-0.2, 0) is 6.54 Å². The number of hydrogen-bond donors (Lipinski definition) is 3. The number of ketones is 1. The second-order valence-corrected chi connectivity index (χ2v) is 8.09. The maximum atomic E-state index is 11.7. The first-order chi connectivity index (χ1) is 14.6. The van der Waals surface area contributed by atoms with Gasteiger partial charge in [-0.2, -0.15) is 0 Å². The largest absolute Gasteiger partial charge is 0.490 e. The standard InChI is InChI=1S/C23H28N2O5/c1-17(26)20-4-2-3-5-21(20)28-15-19(27)14-25-10-8-24(9-11-25)13-18-6-7-22-23(12-18)30-16-29-22/h2-7,12,19,27H,8-11,13-16H2,1H3/p+2/t19-/m0/s1. The van der Waals surface area contributed by atoms with Crippen LogP contribution < -0.4 is 24.0 Å². The molecule has 2 heterocycles. The van der Waals surface area contributed by atoms with Crippen LogP contribution in [0.1, 0.15) is 22.8 Å². The van der Waals surface area contributed by atoms with Crippen molar-refractivity contribution in [1.82, 2.24) is 0 Å². The van der Waals surface area contributed by atoms with Crippen molar-refractivity contribution in [2.24, 2.45) is 0 Å². The number of aliphatic hydroxyl groups is 1. The van der Waals surface area contributed by atoms with Gasteiger partial charge in [0.15, 0.2) is 17.3 Å². The highest BCUT2D eigenvalue weighted by atomic mass is 16.7. The molecule has 2 aliphatic heterocycles. The summed E-state index contributed by atoms with van der Waals surface area (Å²) in [6.45, 7) is 7.80. The highest BCUT2D eigenvalue weighted by Gasteiger charge is 2.26. The SMILES string of the molecule is CC(=O)c1ccccc1OC[C@@H](O)C[NH+]1CC[NH+](Cc2ccc3c(c2)OCO3)CC1. The Morgan fingerprint density at radius 3 is 2.60 bits per heavy atom. The van der Waals surface area contributed by atoms with E-state index in [4.69, 9.17) is 14.2 Å². The van der Waals surface area contributed by atoms with Gasteiger partial charge in [0.25, 0.3) is 0 Å². The molecule has 7 heteroatoms. The summed E-state index contributed by atoms with van der Waals surface area (Å²) in [5, 5.41) is 10.4. The summed E-state index contributed by atoms with van der Waals surface area (Å²) in [5.74, 6) is 2.17. The molecule has 1 saturated heterocycles. The van der Waals surface area contributed by atoms with E-state index in [9.17, 15) is 9.90 Å². The number of carbonyl (C=O) groups excluding carboxylic acids is 1. The lowest BCUT2D eigenvalue weighted by atomic mass is 10.1. The lowest BCUT2D eigenvalue weighted by molar-refractivity contribution is -1.02. The van der Waals surface area contributed by atoms with Crippen LogP contribution in [0, 0.1) is 0 Å². The van der Waals surface area contributed by atoms with Crippen LogP contribution in [-0.4, -0.2) is 63.1 Å². The fourth-order valence-electron chi connectivity index (χ4n) is 4.14. The van der Waals surface area contributed by atoms with Crippen LogP contribution in [0.2, 0.25) is 0 Å². The Kier molecular flexibility index (Phi) is 6.52. The molecule has 1 atom stereocenters. The van der Waals surface area contributed by atoms with Gasteiger partial charge in [-0.1, -0.05) is 12.1 Å². The average molecular weight is 415 g/mol. The van der Waals surface area contributed by atoms with Crippen LogP contribution >= 0.6 is 0 Å². The minimum atomic E-state index is -0.560. The van der Waals surface area contributed by atoms with Crippen LogP contribution in [0.4, 0.5) is 0 Å². The Hall–Kier alpha value is -2.61. The van der Waals surface area contributed by atoms with E-state index < -0.39 is 6.10 Å². The van der Waals surface area contributed by atoms with E-state index in [1.807, 2.05) is 18.2 Å². The van der Waals surface area contributed by atoms with Crippen LogP contribution in [0.25, 0.3) is 0 Å². The second-order valence-electron chi connectivity index (χ2n) is 8.09. The number of piperazine rings is 1. The molecule has 2 aromatic carbocycles. The third kappa shape index (κ3) is 5.11. The summed E-state index contributed by atoms with van der Waals surface area (Å²) in [4.78, 5) is 14.6. The van der Waals surface area contributed by atoms with E-state index in [1.54, 1.807) is 17.0 Å². The third-order valence-corrected chi connectivity index (χ3v) is 5.78. The Morgan fingerprint density at radius 2 is 1.80 bits per heavy atom. The van der Waals surface area contributed by atoms with Gasteiger partial charge in [-0.3, -0.25) is 4.79 Å². The quantitative estimate of drug-likeness (QED) is 0.501. The number of ether oxygens (including phenoxy) is 3. The summed E-state index contributed by atoms with van der Waals surface area (Å²) in [6, 6.07) is 13.3. The molecule has 0 bridgehead atoms. The van der Waals surface area contributed by atoms with Crippen molar-refractivity contribution in [2.75, 3.05) is 46.1 Å². The van der Waals surface area contributed by atoms with Crippen LogP contribution in [0.5, 0.6) is 17.2 Å². The number of benzene rings is 2. The summed E-state index contributed by atoms with van der Waals surface area (Å²) >= 11 is 0. The molecule has 3 N–H and O–H groups in total. The van der Waals surface area contributed by atoms with E-state index in [0.717, 1.165) is 44.2 Å². The smallest absolute Gasteiger partial charge is 0.231 e. The Balaban J connectivity index is 1.20. The highest BCUT2D eigenvalue weighted by molar-refractivity contribution is 5.96. The Morgan fingerprint density at radius 1 is 1.07 bits per heavy atom. The molecular weight excluding hydrogens is 384 g/mol. The topological polar surface area (TPSA) is 73.9 Å². The number of fused-ring (bicyclic) bond motifs is 1. The Bertz CT molecular complexity index is 880. The molecule has 0 radical (unpaired) electrons. The van der Waals surface area contributed by atoms with Gasteiger partial charge in [-0.05, 0) is 37.3 Å². The molecule has 2 aromatic rings. The molecule has 7 nitrogen and oxygen atoms in total. The average Bonchev–Trinajstić information content (AvgIpc) is 3.22. The van der Waals surface area contributed by atoms with Crippen molar-refractivity contribution in [1.29, 1.82) is 0 Å². The zero-order valence-corrected chi connectivity index (χ0v) is 17.4. The predicted molar refractivity (Wildman–Crippen MR) is 110 cm³/mol. The lowest BCUT2D eigenvalue weighted by Crippen LogP contribution is -3.28. The molecular formula is C23H30N2O5+2. The summed E-state index contributed by atoms with van der Waals surface area (Å²) in [5.41, 5.74) is 1.81. The zero-order chi connectivity index (χ0) is 20.9. The summed E-state index contributed by atoms with van der Waals surface area (Å²) in [6.07, 6.45) is -0.560. The number of quaternary nitrogens is 2. The molecule has 30 heavy (non-hydrogen) atoms. The van der Waals surface area contributed by atoms with Gasteiger partial charge in [-0.15, -0.1) is 0 Å². The molecule has 0 aromatic heterocycles. The van der Waals surface area contributed by atoms with Gasteiger partial charge in [0.1, 0.15) is 57.7 Å². The Labute approximate surface area is 176 Å². The summed E-state index contributed by atoms with van der Waals surface area (Å²) in [7, 11) is 0. The van der Waals surface area contributed by atoms with Crippen molar-refractivity contribution in [3.8, 4) is 17.2 Å². The zero-order valence-electron chi connectivity index (χ0n) is 17.4. The first-order valence-corrected chi connectivity index (χ1v) is 10.5. The van der Waals surface area contributed by atoms with Crippen molar-refractivity contribution < 1.29 is 33.9 Å². The van der Waals surface area contributed by atoms with Gasteiger partial charge >= 0.3 is 0 Å². The van der Waals surface area contributed by atoms with Gasteiger partial charge in [0.05, 0.1) is 5.56 Å². The molecule has 0 aliphatic carbocycles. The lowest BCUT2D eigenvalue weighted by Gasteiger charge is -2.30. The molecule has 0 spiro atoms. The van der Waals surface area contributed by atoms with E-state index in [1.165, 1.54) is 17.4 Å². The van der Waals surface area contributed by atoms with E-state index in [2.05, 4.69) is 12.1 Å². The van der Waals surface area contributed by atoms with E-state index in [-0.39, 0.29) is 12.4 Å². The molecule has 2 aliphatic rings.